The van der Waals surface area contributed by atoms with E-state index in [1.165, 1.54) is 17.0 Å². The van der Waals surface area contributed by atoms with Gasteiger partial charge in [-0.2, -0.15) is 0 Å². The van der Waals surface area contributed by atoms with Crippen LogP contribution >= 0.6 is 23.2 Å². The smallest absolute Gasteiger partial charge is 0.414 e. The molecule has 3 aliphatic rings. The van der Waals surface area contributed by atoms with Gasteiger partial charge in [-0.15, -0.1) is 0 Å². The molecule has 3 heterocycles. The summed E-state index contributed by atoms with van der Waals surface area (Å²) in [5, 5.41) is 3.98. The van der Waals surface area contributed by atoms with Crippen LogP contribution < -0.4 is 15.1 Å². The number of carbonyl (C=O) groups excluding carboxylic acids is 2. The fraction of sp³-hybridized carbons (Fsp3) is 0.429. The number of ether oxygens (including phenoxy) is 2. The standard InChI is InChI=1S/C35H39Cl2FN4O4/c1-23(41-13-11-35(12-14-41)29-21-26(38)6-10-32(29)40(2)34(44)46-35)19-28(25-5-9-30(36)31(37)20-25)33(43)39-22-24-3-7-27(8-4-24)42-15-17-45-18-16-42/h3-10,20-21,23,28H,11-19,22H2,1-2H3,(H,39,43). The molecule has 3 aliphatic heterocycles. The Balaban J connectivity index is 1.14. The third kappa shape index (κ3) is 6.83. The van der Waals surface area contributed by atoms with Crippen LogP contribution in [0.15, 0.2) is 60.7 Å². The number of halogens is 3. The molecule has 2 unspecified atom stereocenters. The summed E-state index contributed by atoms with van der Waals surface area (Å²) in [6.45, 7) is 6.94. The molecule has 0 saturated carbocycles. The Morgan fingerprint density at radius 3 is 2.39 bits per heavy atom. The zero-order valence-corrected chi connectivity index (χ0v) is 27.6. The number of piperidine rings is 1. The van der Waals surface area contributed by atoms with Gasteiger partial charge in [0.25, 0.3) is 0 Å². The van der Waals surface area contributed by atoms with Crippen molar-refractivity contribution in [2.75, 3.05) is 56.2 Å². The summed E-state index contributed by atoms with van der Waals surface area (Å²) in [7, 11) is 1.64. The molecule has 244 valence electrons. The number of hydrogen-bond acceptors (Lipinski definition) is 6. The molecule has 0 aliphatic carbocycles. The molecule has 46 heavy (non-hydrogen) atoms. The monoisotopic (exact) mass is 668 g/mol. The average molecular weight is 670 g/mol. The van der Waals surface area contributed by atoms with Gasteiger partial charge in [-0.1, -0.05) is 41.4 Å². The largest absolute Gasteiger partial charge is 0.437 e. The number of nitrogens with one attached hydrogen (secondary N) is 1. The molecule has 0 radical (unpaired) electrons. The summed E-state index contributed by atoms with van der Waals surface area (Å²) < 4.78 is 25.7. The number of hydrogen-bond donors (Lipinski definition) is 1. The van der Waals surface area contributed by atoms with Crippen molar-refractivity contribution in [1.29, 1.82) is 0 Å². The van der Waals surface area contributed by atoms with Crippen molar-refractivity contribution in [2.24, 2.45) is 0 Å². The van der Waals surface area contributed by atoms with Crippen molar-refractivity contribution in [1.82, 2.24) is 10.2 Å². The summed E-state index contributed by atoms with van der Waals surface area (Å²) >= 11 is 12.6. The van der Waals surface area contributed by atoms with Gasteiger partial charge in [0, 0.05) is 69.9 Å². The Hall–Kier alpha value is -3.37. The van der Waals surface area contributed by atoms with Gasteiger partial charge >= 0.3 is 6.09 Å². The molecule has 2 atom stereocenters. The number of nitrogens with zero attached hydrogens (tertiary/aromatic N) is 3. The first-order chi connectivity index (χ1) is 22.1. The summed E-state index contributed by atoms with van der Waals surface area (Å²) in [4.78, 5) is 32.6. The lowest BCUT2D eigenvalue weighted by Crippen LogP contribution is -2.52. The molecule has 2 saturated heterocycles. The predicted octanol–water partition coefficient (Wildman–Crippen LogP) is 6.73. The first-order valence-corrected chi connectivity index (χ1v) is 16.5. The minimum atomic E-state index is -0.880. The number of anilines is 2. The van der Waals surface area contributed by atoms with E-state index in [1.807, 2.05) is 18.2 Å². The fourth-order valence-corrected chi connectivity index (χ4v) is 7.13. The van der Waals surface area contributed by atoms with Crippen LogP contribution in [0.3, 0.4) is 0 Å². The van der Waals surface area contributed by atoms with Crippen LogP contribution in [0.5, 0.6) is 0 Å². The van der Waals surface area contributed by atoms with Crippen LogP contribution in [0.4, 0.5) is 20.6 Å². The second-order valence-electron chi connectivity index (χ2n) is 12.4. The number of rotatable bonds is 8. The zero-order valence-electron chi connectivity index (χ0n) is 26.1. The normalized spacial score (nSPS) is 19.4. The number of amides is 2. The van der Waals surface area contributed by atoms with Gasteiger partial charge in [-0.25, -0.2) is 9.18 Å². The van der Waals surface area contributed by atoms with E-state index in [0.29, 0.717) is 60.2 Å². The van der Waals surface area contributed by atoms with Gasteiger partial charge in [-0.05, 0) is 66.9 Å². The molecule has 3 aromatic carbocycles. The van der Waals surface area contributed by atoms with Gasteiger partial charge in [0.2, 0.25) is 5.91 Å². The molecule has 11 heteroatoms. The van der Waals surface area contributed by atoms with E-state index in [4.69, 9.17) is 32.7 Å². The van der Waals surface area contributed by atoms with Gasteiger partial charge in [0.1, 0.15) is 11.4 Å². The molecule has 1 spiro atoms. The maximum absolute atomic E-state index is 14.3. The maximum atomic E-state index is 14.3. The number of morpholine rings is 1. The molecule has 8 nitrogen and oxygen atoms in total. The Bertz CT molecular complexity index is 1580. The van der Waals surface area contributed by atoms with Gasteiger partial charge < -0.3 is 24.6 Å². The van der Waals surface area contributed by atoms with Crippen LogP contribution in [0.2, 0.25) is 10.0 Å². The van der Waals surface area contributed by atoms with Crippen molar-refractivity contribution in [3.05, 3.63) is 93.2 Å². The Morgan fingerprint density at radius 1 is 0.978 bits per heavy atom. The molecule has 2 amide bonds. The zero-order chi connectivity index (χ0) is 32.4. The van der Waals surface area contributed by atoms with E-state index in [-0.39, 0.29) is 17.8 Å². The van der Waals surface area contributed by atoms with E-state index in [1.54, 1.807) is 25.2 Å². The van der Waals surface area contributed by atoms with Gasteiger partial charge in [0.15, 0.2) is 0 Å². The summed E-state index contributed by atoms with van der Waals surface area (Å²) in [5.41, 5.74) is 3.45. The van der Waals surface area contributed by atoms with Crippen LogP contribution in [-0.4, -0.2) is 69.4 Å². The maximum Gasteiger partial charge on any atom is 0.414 e. The lowest BCUT2D eigenvalue weighted by molar-refractivity contribution is -0.123. The second-order valence-corrected chi connectivity index (χ2v) is 13.2. The molecule has 6 rings (SSSR count). The van der Waals surface area contributed by atoms with Crippen LogP contribution in [0, 0.1) is 5.82 Å². The van der Waals surface area contributed by atoms with Crippen LogP contribution in [0.1, 0.15) is 48.8 Å². The van der Waals surface area contributed by atoms with Crippen molar-refractivity contribution in [2.45, 2.75) is 50.3 Å². The molecular formula is C35H39Cl2FN4O4. The SMILES string of the molecule is CC(CC(C(=O)NCc1ccc(N2CCOCC2)cc1)c1ccc(Cl)c(Cl)c1)N1CCC2(CC1)OC(=O)N(C)c1ccc(F)cc12. The van der Waals surface area contributed by atoms with E-state index in [2.05, 4.69) is 34.2 Å². The summed E-state index contributed by atoms with van der Waals surface area (Å²) in [6.07, 6.45) is 1.16. The number of benzene rings is 3. The van der Waals surface area contributed by atoms with Crippen molar-refractivity contribution >= 4 is 46.6 Å². The molecule has 0 aromatic heterocycles. The minimum absolute atomic E-state index is 0.0179. The molecule has 2 fully saturated rings. The van der Waals surface area contributed by atoms with Crippen molar-refractivity contribution in [3.8, 4) is 0 Å². The third-order valence-electron chi connectivity index (χ3n) is 9.62. The molecule has 3 aromatic rings. The highest BCUT2D eigenvalue weighted by molar-refractivity contribution is 6.42. The van der Waals surface area contributed by atoms with E-state index in [9.17, 15) is 14.0 Å². The summed E-state index contributed by atoms with van der Waals surface area (Å²) in [6, 6.07) is 18.1. The van der Waals surface area contributed by atoms with E-state index < -0.39 is 17.6 Å². The second kappa shape index (κ2) is 13.8. The lowest BCUT2D eigenvalue weighted by Gasteiger charge is -2.47. The minimum Gasteiger partial charge on any atom is -0.437 e. The van der Waals surface area contributed by atoms with Gasteiger partial charge in [0.05, 0.1) is 34.9 Å². The van der Waals surface area contributed by atoms with Crippen molar-refractivity contribution < 1.29 is 23.5 Å². The highest BCUT2D eigenvalue weighted by atomic mass is 35.5. The first kappa shape index (κ1) is 32.6. The topological polar surface area (TPSA) is 74.4 Å². The number of fused-ring (bicyclic) bond motifs is 2. The Kier molecular flexibility index (Phi) is 9.75. The van der Waals surface area contributed by atoms with Crippen LogP contribution in [-0.2, 0) is 26.4 Å². The van der Waals surface area contributed by atoms with Crippen LogP contribution in [0.25, 0.3) is 0 Å². The molecule has 1 N–H and O–H groups in total. The first-order valence-electron chi connectivity index (χ1n) is 15.8. The predicted molar refractivity (Wildman–Crippen MR) is 178 cm³/mol. The van der Waals surface area contributed by atoms with E-state index in [0.717, 1.165) is 43.1 Å². The fourth-order valence-electron chi connectivity index (χ4n) is 6.82. The molecule has 0 bridgehead atoms. The number of carbonyl (C=O) groups is 2. The lowest BCUT2D eigenvalue weighted by atomic mass is 9.81. The third-order valence-corrected chi connectivity index (χ3v) is 10.4. The van der Waals surface area contributed by atoms with Crippen molar-refractivity contribution in [3.63, 3.8) is 0 Å². The van der Waals surface area contributed by atoms with Gasteiger partial charge in [-0.3, -0.25) is 9.69 Å². The number of likely N-dealkylation sites (tertiary alicyclic amines) is 1. The Labute approximate surface area is 279 Å². The highest BCUT2D eigenvalue weighted by Gasteiger charge is 2.47. The Morgan fingerprint density at radius 2 is 1.70 bits per heavy atom. The molecular weight excluding hydrogens is 630 g/mol. The quantitative estimate of drug-likeness (QED) is 0.287. The summed E-state index contributed by atoms with van der Waals surface area (Å²) in [5.74, 6) is -0.919. The van der Waals surface area contributed by atoms with E-state index >= 15 is 0 Å². The highest BCUT2D eigenvalue weighted by Crippen LogP contribution is 2.46. The average Bonchev–Trinajstić information content (AvgIpc) is 3.07.